The minimum atomic E-state index is 0.543. The van der Waals surface area contributed by atoms with Crippen molar-refractivity contribution in [3.8, 4) is 5.69 Å². The number of hydrogen-bond acceptors (Lipinski definition) is 1. The Morgan fingerprint density at radius 3 is 1.84 bits per heavy atom. The van der Waals surface area contributed by atoms with Crippen molar-refractivity contribution < 1.29 is 0 Å². The lowest BCUT2D eigenvalue weighted by molar-refractivity contribution is 0.866. The molecule has 160 valence electrons. The van der Waals surface area contributed by atoms with E-state index in [4.69, 9.17) is 0 Å². The van der Waals surface area contributed by atoms with E-state index in [1.165, 1.54) is 55.6 Å². The van der Waals surface area contributed by atoms with Crippen LogP contribution in [0, 0.1) is 13.8 Å². The molecule has 5 aromatic rings. The van der Waals surface area contributed by atoms with Gasteiger partial charge in [0, 0.05) is 34.9 Å². The van der Waals surface area contributed by atoms with Crippen molar-refractivity contribution >= 4 is 33.2 Å². The normalized spacial score (nSPS) is 11.6. The monoisotopic (exact) mass is 418 g/mol. The molecule has 0 N–H and O–H groups in total. The largest absolute Gasteiger partial charge is 0.345 e. The predicted molar refractivity (Wildman–Crippen MR) is 139 cm³/mol. The van der Waals surface area contributed by atoms with Crippen LogP contribution in [0.3, 0.4) is 0 Å². The van der Waals surface area contributed by atoms with E-state index in [-0.39, 0.29) is 0 Å². The third-order valence-corrected chi connectivity index (χ3v) is 6.53. The van der Waals surface area contributed by atoms with Gasteiger partial charge in [-0.25, -0.2) is 0 Å². The third kappa shape index (κ3) is 3.46. The van der Waals surface area contributed by atoms with Gasteiger partial charge in [0.2, 0.25) is 0 Å². The van der Waals surface area contributed by atoms with E-state index in [0.29, 0.717) is 5.92 Å². The lowest BCUT2D eigenvalue weighted by atomic mass is 10.0. The molecule has 0 amide bonds. The average molecular weight is 419 g/mol. The molecule has 0 unspecified atom stereocenters. The van der Waals surface area contributed by atoms with Crippen LogP contribution in [-0.4, -0.2) is 11.6 Å². The van der Waals surface area contributed by atoms with Gasteiger partial charge in [0.05, 0.1) is 11.0 Å². The predicted octanol–water partition coefficient (Wildman–Crippen LogP) is 8.29. The Labute approximate surface area is 190 Å². The molecule has 0 aliphatic rings. The molecule has 0 radical (unpaired) electrons. The van der Waals surface area contributed by atoms with Gasteiger partial charge in [-0.05, 0) is 79.9 Å². The summed E-state index contributed by atoms with van der Waals surface area (Å²) in [4.78, 5) is 2.27. The Bertz CT molecular complexity index is 1400. The summed E-state index contributed by atoms with van der Waals surface area (Å²) >= 11 is 0. The summed E-state index contributed by atoms with van der Waals surface area (Å²) in [5.41, 5.74) is 10.0. The van der Waals surface area contributed by atoms with Gasteiger partial charge in [-0.2, -0.15) is 0 Å². The van der Waals surface area contributed by atoms with E-state index in [2.05, 4.69) is 129 Å². The smallest absolute Gasteiger partial charge is 0.0542 e. The molecule has 2 nitrogen and oxygen atoms in total. The van der Waals surface area contributed by atoms with Crippen LogP contribution in [0.4, 0.5) is 11.4 Å². The van der Waals surface area contributed by atoms with Crippen LogP contribution in [0.1, 0.15) is 36.5 Å². The molecule has 0 fully saturated rings. The fraction of sp³-hybridized carbons (Fsp3) is 0.200. The van der Waals surface area contributed by atoms with Gasteiger partial charge in [0.15, 0.2) is 0 Å². The summed E-state index contributed by atoms with van der Waals surface area (Å²) in [6, 6.07) is 31.3. The number of aromatic nitrogens is 1. The first-order chi connectivity index (χ1) is 15.4. The van der Waals surface area contributed by atoms with E-state index in [9.17, 15) is 0 Å². The molecule has 0 saturated carbocycles. The summed E-state index contributed by atoms with van der Waals surface area (Å²) < 4.78 is 2.38. The number of rotatable bonds is 4. The van der Waals surface area contributed by atoms with Gasteiger partial charge in [-0.3, -0.25) is 0 Å². The van der Waals surface area contributed by atoms with Gasteiger partial charge in [-0.15, -0.1) is 0 Å². The second kappa shape index (κ2) is 7.87. The zero-order valence-corrected chi connectivity index (χ0v) is 19.6. The molecule has 1 heterocycles. The lowest BCUT2D eigenvalue weighted by Gasteiger charge is -2.20. The van der Waals surface area contributed by atoms with Gasteiger partial charge in [-0.1, -0.05) is 55.3 Å². The zero-order chi connectivity index (χ0) is 22.4. The highest BCUT2D eigenvalue weighted by molar-refractivity contribution is 6.10. The molecular formula is C30H30N2. The lowest BCUT2D eigenvalue weighted by Crippen LogP contribution is -2.09. The van der Waals surface area contributed by atoms with Crippen LogP contribution < -0.4 is 4.90 Å². The number of aryl methyl sites for hydroxylation is 2. The van der Waals surface area contributed by atoms with E-state index >= 15 is 0 Å². The highest BCUT2D eigenvalue weighted by atomic mass is 15.1. The van der Waals surface area contributed by atoms with E-state index in [0.717, 1.165) is 0 Å². The Kier molecular flexibility index (Phi) is 5.01. The topological polar surface area (TPSA) is 8.17 Å². The average Bonchev–Trinajstić information content (AvgIpc) is 3.12. The number of anilines is 2. The number of hydrogen-bond donors (Lipinski definition) is 0. The van der Waals surface area contributed by atoms with Crippen LogP contribution in [-0.2, 0) is 0 Å². The van der Waals surface area contributed by atoms with Crippen molar-refractivity contribution in [3.05, 3.63) is 102 Å². The summed E-state index contributed by atoms with van der Waals surface area (Å²) in [6.07, 6.45) is 0. The molecule has 0 spiro atoms. The van der Waals surface area contributed by atoms with E-state index in [1.807, 2.05) is 0 Å². The number of fused-ring (bicyclic) bond motifs is 3. The molecule has 2 heteroatoms. The summed E-state index contributed by atoms with van der Waals surface area (Å²) in [7, 11) is 2.15. The highest BCUT2D eigenvalue weighted by Crippen LogP contribution is 2.36. The third-order valence-electron chi connectivity index (χ3n) is 6.53. The van der Waals surface area contributed by atoms with E-state index < -0.39 is 0 Å². The van der Waals surface area contributed by atoms with E-state index in [1.54, 1.807) is 0 Å². The van der Waals surface area contributed by atoms with Crippen LogP contribution >= 0.6 is 0 Å². The van der Waals surface area contributed by atoms with Gasteiger partial charge < -0.3 is 9.47 Å². The maximum Gasteiger partial charge on any atom is 0.0542 e. The summed E-state index contributed by atoms with van der Waals surface area (Å²) in [5.74, 6) is 0.543. The van der Waals surface area contributed by atoms with Crippen molar-refractivity contribution in [2.75, 3.05) is 11.9 Å². The van der Waals surface area contributed by atoms with Crippen LogP contribution in [0.5, 0.6) is 0 Å². The molecule has 4 aromatic carbocycles. The maximum absolute atomic E-state index is 2.38. The molecule has 1 aromatic heterocycles. The minimum Gasteiger partial charge on any atom is -0.345 e. The Hall–Kier alpha value is -3.52. The molecular weight excluding hydrogens is 388 g/mol. The fourth-order valence-electron chi connectivity index (χ4n) is 4.54. The fourth-order valence-corrected chi connectivity index (χ4v) is 4.54. The number of nitrogens with zero attached hydrogens (tertiary/aromatic N) is 2. The van der Waals surface area contributed by atoms with Crippen molar-refractivity contribution in [1.29, 1.82) is 0 Å². The van der Waals surface area contributed by atoms with Crippen LogP contribution in [0.2, 0.25) is 0 Å². The first-order valence-corrected chi connectivity index (χ1v) is 11.4. The zero-order valence-electron chi connectivity index (χ0n) is 19.6. The minimum absolute atomic E-state index is 0.543. The maximum atomic E-state index is 2.38. The first kappa shape index (κ1) is 20.4. The molecule has 0 bridgehead atoms. The standard InChI is InChI=1S/C30H30N2/c1-20(2)23-9-13-24(14-10-23)31(5)26-15-17-30-28(19-26)27-18-22(4)8-16-29(27)32(30)25-11-6-21(3)7-12-25/h6-20H,1-5H3. The number of benzene rings is 4. The van der Waals surface area contributed by atoms with Gasteiger partial charge >= 0.3 is 0 Å². The summed E-state index contributed by atoms with van der Waals surface area (Å²) in [6.45, 7) is 8.77. The molecule has 0 atom stereocenters. The van der Waals surface area contributed by atoms with Crippen LogP contribution in [0.15, 0.2) is 84.9 Å². The van der Waals surface area contributed by atoms with Gasteiger partial charge in [0.25, 0.3) is 0 Å². The molecule has 0 saturated heterocycles. The Morgan fingerprint density at radius 1 is 0.625 bits per heavy atom. The Morgan fingerprint density at radius 2 is 1.19 bits per heavy atom. The van der Waals surface area contributed by atoms with Crippen molar-refractivity contribution in [2.24, 2.45) is 0 Å². The first-order valence-electron chi connectivity index (χ1n) is 11.4. The highest BCUT2D eigenvalue weighted by Gasteiger charge is 2.14. The summed E-state index contributed by atoms with van der Waals surface area (Å²) in [5, 5.41) is 2.58. The van der Waals surface area contributed by atoms with Crippen LogP contribution in [0.25, 0.3) is 27.5 Å². The molecule has 0 aliphatic carbocycles. The SMILES string of the molecule is Cc1ccc(-n2c3ccc(C)cc3c3cc(N(C)c4ccc(C(C)C)cc4)ccc32)cc1. The van der Waals surface area contributed by atoms with Crippen molar-refractivity contribution in [2.45, 2.75) is 33.6 Å². The molecule has 0 aliphatic heterocycles. The quantitative estimate of drug-likeness (QED) is 0.285. The van der Waals surface area contributed by atoms with Crippen molar-refractivity contribution in [3.63, 3.8) is 0 Å². The van der Waals surface area contributed by atoms with Gasteiger partial charge in [0.1, 0.15) is 0 Å². The second-order valence-corrected chi connectivity index (χ2v) is 9.20. The Balaban J connectivity index is 1.67. The molecule has 5 rings (SSSR count). The van der Waals surface area contributed by atoms with Crippen molar-refractivity contribution in [1.82, 2.24) is 4.57 Å². The molecule has 32 heavy (non-hydrogen) atoms. The second-order valence-electron chi connectivity index (χ2n) is 9.20.